The molecule has 0 radical (unpaired) electrons. The molecule has 106 valence electrons. The lowest BCUT2D eigenvalue weighted by Crippen LogP contribution is -2.36. The molecule has 0 saturated heterocycles. The van der Waals surface area contributed by atoms with E-state index in [1.165, 1.54) is 13.8 Å². The average molecular weight is 265 g/mol. The third-order valence-corrected chi connectivity index (χ3v) is 2.82. The van der Waals surface area contributed by atoms with E-state index in [2.05, 4.69) is 26.1 Å². The van der Waals surface area contributed by atoms with Gasteiger partial charge in [0.2, 0.25) is 0 Å². The van der Waals surface area contributed by atoms with Crippen molar-refractivity contribution in [2.24, 2.45) is 0 Å². The molecular formula is C15H23NO3. The van der Waals surface area contributed by atoms with Crippen molar-refractivity contribution in [3.05, 3.63) is 23.8 Å². The number of amides is 1. The lowest BCUT2D eigenvalue weighted by atomic mass is 9.86. The molecule has 0 saturated carbocycles. The van der Waals surface area contributed by atoms with Crippen LogP contribution in [0.1, 0.15) is 40.2 Å². The van der Waals surface area contributed by atoms with E-state index in [9.17, 15) is 9.90 Å². The number of carbonyl (C=O) groups excluding carboxylic acids is 1. The number of nitrogens with one attached hydrogen (secondary N) is 1. The molecule has 1 rings (SSSR count). The molecule has 4 heteroatoms. The van der Waals surface area contributed by atoms with Crippen molar-refractivity contribution >= 4 is 11.6 Å². The summed E-state index contributed by atoms with van der Waals surface area (Å²) in [5.41, 5.74) is 0.157. The van der Waals surface area contributed by atoms with Crippen LogP contribution in [0.4, 0.5) is 5.69 Å². The zero-order chi connectivity index (χ0) is 14.8. The first-order valence-corrected chi connectivity index (χ1v) is 6.28. The van der Waals surface area contributed by atoms with Gasteiger partial charge in [-0.05, 0) is 37.5 Å². The molecule has 0 aliphatic heterocycles. The van der Waals surface area contributed by atoms with Gasteiger partial charge in [0.05, 0.1) is 7.11 Å². The second-order valence-corrected chi connectivity index (χ2v) is 6.18. The van der Waals surface area contributed by atoms with Crippen molar-refractivity contribution < 1.29 is 14.6 Å². The summed E-state index contributed by atoms with van der Waals surface area (Å²) in [6, 6.07) is 5.46. The maximum atomic E-state index is 11.8. The number of ether oxygens (including phenoxy) is 1. The zero-order valence-electron chi connectivity index (χ0n) is 12.5. The molecule has 1 aromatic carbocycles. The van der Waals surface area contributed by atoms with Crippen molar-refractivity contribution in [1.82, 2.24) is 0 Å². The standard InChI is InChI=1S/C15H23NO3/c1-14(2,3)11-9-10(7-8-12(11)19-6)16-13(17)15(4,5)18/h7-9,18H,1-6H3,(H,16,17). The van der Waals surface area contributed by atoms with Crippen LogP contribution in [0.2, 0.25) is 0 Å². The Hall–Kier alpha value is -1.55. The van der Waals surface area contributed by atoms with Gasteiger partial charge in [-0.1, -0.05) is 20.8 Å². The van der Waals surface area contributed by atoms with Crippen LogP contribution in [-0.4, -0.2) is 23.7 Å². The maximum absolute atomic E-state index is 11.8. The van der Waals surface area contributed by atoms with E-state index in [0.29, 0.717) is 5.69 Å². The van der Waals surface area contributed by atoms with Crippen molar-refractivity contribution in [2.45, 2.75) is 45.6 Å². The molecule has 0 unspecified atom stereocenters. The first-order chi connectivity index (χ1) is 8.55. The summed E-state index contributed by atoms with van der Waals surface area (Å²) in [7, 11) is 1.62. The molecule has 0 bridgehead atoms. The minimum atomic E-state index is -1.40. The van der Waals surface area contributed by atoms with Crippen LogP contribution in [0.15, 0.2) is 18.2 Å². The van der Waals surface area contributed by atoms with Gasteiger partial charge < -0.3 is 15.2 Å². The van der Waals surface area contributed by atoms with Gasteiger partial charge in [0.15, 0.2) is 0 Å². The Morgan fingerprint density at radius 1 is 1.21 bits per heavy atom. The number of hydrogen-bond donors (Lipinski definition) is 2. The van der Waals surface area contributed by atoms with Crippen molar-refractivity contribution in [2.75, 3.05) is 12.4 Å². The highest BCUT2D eigenvalue weighted by Crippen LogP contribution is 2.33. The van der Waals surface area contributed by atoms with Gasteiger partial charge in [-0.3, -0.25) is 4.79 Å². The molecule has 0 aromatic heterocycles. The fourth-order valence-electron chi connectivity index (χ4n) is 1.66. The number of hydrogen-bond acceptors (Lipinski definition) is 3. The van der Waals surface area contributed by atoms with Crippen LogP contribution in [0.3, 0.4) is 0 Å². The molecule has 2 N–H and O–H groups in total. The number of carbonyl (C=O) groups is 1. The van der Waals surface area contributed by atoms with Crippen molar-refractivity contribution in [3.8, 4) is 5.75 Å². The predicted octanol–water partition coefficient (Wildman–Crippen LogP) is 2.70. The van der Waals surface area contributed by atoms with E-state index in [4.69, 9.17) is 4.74 Å². The van der Waals surface area contributed by atoms with Crippen LogP contribution >= 0.6 is 0 Å². The molecule has 0 fully saturated rings. The summed E-state index contributed by atoms with van der Waals surface area (Å²) in [5.74, 6) is 0.353. The fourth-order valence-corrected chi connectivity index (χ4v) is 1.66. The third kappa shape index (κ3) is 3.96. The Balaban J connectivity index is 3.10. The van der Waals surface area contributed by atoms with Crippen LogP contribution in [0, 0.1) is 0 Å². The summed E-state index contributed by atoms with van der Waals surface area (Å²) >= 11 is 0. The summed E-state index contributed by atoms with van der Waals surface area (Å²) in [6.07, 6.45) is 0. The number of methoxy groups -OCH3 is 1. The van der Waals surface area contributed by atoms with Crippen molar-refractivity contribution in [3.63, 3.8) is 0 Å². The highest BCUT2D eigenvalue weighted by Gasteiger charge is 2.25. The van der Waals surface area contributed by atoms with Crippen LogP contribution in [-0.2, 0) is 10.2 Å². The maximum Gasteiger partial charge on any atom is 0.255 e. The third-order valence-electron chi connectivity index (χ3n) is 2.82. The molecule has 0 heterocycles. The minimum absolute atomic E-state index is 0.0964. The van der Waals surface area contributed by atoms with Gasteiger partial charge in [0, 0.05) is 11.3 Å². The van der Waals surface area contributed by atoms with Gasteiger partial charge >= 0.3 is 0 Å². The summed E-state index contributed by atoms with van der Waals surface area (Å²) in [5, 5.41) is 12.3. The van der Waals surface area contributed by atoms with Gasteiger partial charge in [-0.15, -0.1) is 0 Å². The second-order valence-electron chi connectivity index (χ2n) is 6.18. The SMILES string of the molecule is COc1ccc(NC(=O)C(C)(C)O)cc1C(C)(C)C. The van der Waals surface area contributed by atoms with E-state index in [0.717, 1.165) is 11.3 Å². The largest absolute Gasteiger partial charge is 0.496 e. The zero-order valence-corrected chi connectivity index (χ0v) is 12.5. The molecular weight excluding hydrogens is 242 g/mol. The first-order valence-electron chi connectivity index (χ1n) is 6.28. The molecule has 0 aliphatic rings. The molecule has 0 aliphatic carbocycles. The molecule has 19 heavy (non-hydrogen) atoms. The second kappa shape index (κ2) is 5.21. The molecule has 1 amide bonds. The van der Waals surface area contributed by atoms with Gasteiger partial charge in [-0.2, -0.15) is 0 Å². The smallest absolute Gasteiger partial charge is 0.255 e. The van der Waals surface area contributed by atoms with Gasteiger partial charge in [0.25, 0.3) is 5.91 Å². The van der Waals surface area contributed by atoms with E-state index in [1.807, 2.05) is 12.1 Å². The first kappa shape index (κ1) is 15.5. The minimum Gasteiger partial charge on any atom is -0.496 e. The number of benzene rings is 1. The van der Waals surface area contributed by atoms with Gasteiger partial charge in [-0.25, -0.2) is 0 Å². The number of anilines is 1. The van der Waals surface area contributed by atoms with E-state index >= 15 is 0 Å². The summed E-state index contributed by atoms with van der Waals surface area (Å²) in [4.78, 5) is 11.8. The Labute approximate surface area is 114 Å². The van der Waals surface area contributed by atoms with Crippen LogP contribution < -0.4 is 10.1 Å². The lowest BCUT2D eigenvalue weighted by Gasteiger charge is -2.24. The van der Waals surface area contributed by atoms with Crippen LogP contribution in [0.25, 0.3) is 0 Å². The normalized spacial score (nSPS) is 12.2. The lowest BCUT2D eigenvalue weighted by molar-refractivity contribution is -0.130. The fraction of sp³-hybridized carbons (Fsp3) is 0.533. The monoisotopic (exact) mass is 265 g/mol. The topological polar surface area (TPSA) is 58.6 Å². The van der Waals surface area contributed by atoms with E-state index in [-0.39, 0.29) is 5.41 Å². The Morgan fingerprint density at radius 3 is 2.21 bits per heavy atom. The average Bonchev–Trinajstić information content (AvgIpc) is 2.26. The van der Waals surface area contributed by atoms with E-state index in [1.54, 1.807) is 13.2 Å². The summed E-state index contributed by atoms with van der Waals surface area (Å²) < 4.78 is 5.34. The van der Waals surface area contributed by atoms with Crippen molar-refractivity contribution in [1.29, 1.82) is 0 Å². The number of rotatable bonds is 3. The molecule has 1 aromatic rings. The quantitative estimate of drug-likeness (QED) is 0.883. The highest BCUT2D eigenvalue weighted by molar-refractivity contribution is 5.96. The Bertz CT molecular complexity index is 467. The highest BCUT2D eigenvalue weighted by atomic mass is 16.5. The van der Waals surface area contributed by atoms with Gasteiger partial charge in [0.1, 0.15) is 11.4 Å². The van der Waals surface area contributed by atoms with Crippen LogP contribution in [0.5, 0.6) is 5.75 Å². The molecule has 0 atom stereocenters. The molecule has 4 nitrogen and oxygen atoms in total. The number of aliphatic hydroxyl groups is 1. The molecule has 0 spiro atoms. The van der Waals surface area contributed by atoms with E-state index < -0.39 is 11.5 Å². The predicted molar refractivity (Wildman–Crippen MR) is 76.6 cm³/mol. The Morgan fingerprint density at radius 2 is 1.79 bits per heavy atom. The Kier molecular flexibility index (Phi) is 4.25. The summed E-state index contributed by atoms with van der Waals surface area (Å²) in [6.45, 7) is 9.14.